The maximum Gasteiger partial charge on any atom is 0.0181 e. The Morgan fingerprint density at radius 2 is 2.00 bits per heavy atom. The Hall–Kier alpha value is -1.50. The van der Waals surface area contributed by atoms with Crippen LogP contribution in [0, 0.1) is 0 Å². The summed E-state index contributed by atoms with van der Waals surface area (Å²) < 4.78 is 0. The van der Waals surface area contributed by atoms with E-state index in [0.717, 1.165) is 13.0 Å². The molecule has 0 amide bonds. The summed E-state index contributed by atoms with van der Waals surface area (Å²) in [5.74, 6) is 0. The second kappa shape index (κ2) is 9.07. The van der Waals surface area contributed by atoms with Gasteiger partial charge in [-0.25, -0.2) is 0 Å². The van der Waals surface area contributed by atoms with E-state index in [1.807, 2.05) is 13.0 Å². The molecule has 0 aliphatic carbocycles. The van der Waals surface area contributed by atoms with E-state index in [4.69, 9.17) is 0 Å². The average Bonchev–Trinajstić information content (AvgIpc) is 2.25. The highest BCUT2D eigenvalue weighted by molar-refractivity contribution is 5.32. The topological polar surface area (TPSA) is 12.0 Å². The van der Waals surface area contributed by atoms with E-state index in [9.17, 15) is 0 Å². The van der Waals surface area contributed by atoms with Gasteiger partial charge in [-0.3, -0.25) is 0 Å². The molecular formula is C14H21N. The summed E-state index contributed by atoms with van der Waals surface area (Å²) in [5.41, 5.74) is 2.61. The van der Waals surface area contributed by atoms with Crippen molar-refractivity contribution in [2.24, 2.45) is 0 Å². The standard InChI is InChI=1S/C14H21N/c1-5-8-10-13(4)14(9-6-2)11-12-15-7-3/h5-10,15H,1,3,11-12H2,2,4H3/b9-6-,10-8-,14-13-. The van der Waals surface area contributed by atoms with Crippen molar-refractivity contribution in [1.82, 2.24) is 5.32 Å². The highest BCUT2D eigenvalue weighted by Gasteiger charge is 1.95. The first kappa shape index (κ1) is 13.5. The third-order valence-corrected chi connectivity index (χ3v) is 2.04. The molecule has 0 aromatic rings. The molecule has 0 fully saturated rings. The Morgan fingerprint density at radius 1 is 1.27 bits per heavy atom. The van der Waals surface area contributed by atoms with Crippen molar-refractivity contribution in [3.63, 3.8) is 0 Å². The summed E-state index contributed by atoms with van der Waals surface area (Å²) in [6.07, 6.45) is 12.8. The fourth-order valence-electron chi connectivity index (χ4n) is 1.24. The zero-order valence-electron chi connectivity index (χ0n) is 9.79. The fraction of sp³-hybridized carbons (Fsp3) is 0.286. The molecule has 1 nitrogen and oxygen atoms in total. The van der Waals surface area contributed by atoms with Crippen LogP contribution in [-0.2, 0) is 0 Å². The summed E-state index contributed by atoms with van der Waals surface area (Å²) in [4.78, 5) is 0. The van der Waals surface area contributed by atoms with Crippen molar-refractivity contribution in [1.29, 1.82) is 0 Å². The first-order chi connectivity index (χ1) is 7.26. The van der Waals surface area contributed by atoms with Crippen molar-refractivity contribution in [2.75, 3.05) is 6.54 Å². The van der Waals surface area contributed by atoms with Crippen LogP contribution >= 0.6 is 0 Å². The lowest BCUT2D eigenvalue weighted by molar-refractivity contribution is 0.832. The molecule has 0 rings (SSSR count). The molecule has 0 aliphatic heterocycles. The van der Waals surface area contributed by atoms with Crippen LogP contribution in [0.5, 0.6) is 0 Å². The van der Waals surface area contributed by atoms with Crippen LogP contribution in [-0.4, -0.2) is 6.54 Å². The number of hydrogen-bond acceptors (Lipinski definition) is 1. The molecule has 0 aliphatic rings. The van der Waals surface area contributed by atoms with E-state index >= 15 is 0 Å². The molecule has 82 valence electrons. The molecule has 0 radical (unpaired) electrons. The van der Waals surface area contributed by atoms with Gasteiger partial charge >= 0.3 is 0 Å². The average molecular weight is 203 g/mol. The lowest BCUT2D eigenvalue weighted by Crippen LogP contribution is -2.06. The second-order valence-corrected chi connectivity index (χ2v) is 3.21. The van der Waals surface area contributed by atoms with E-state index in [2.05, 4.69) is 43.6 Å². The van der Waals surface area contributed by atoms with Crippen molar-refractivity contribution in [3.8, 4) is 0 Å². The van der Waals surface area contributed by atoms with Gasteiger partial charge in [0.2, 0.25) is 0 Å². The largest absolute Gasteiger partial charge is 0.391 e. The summed E-state index contributed by atoms with van der Waals surface area (Å²) in [6, 6.07) is 0. The molecule has 0 heterocycles. The fourth-order valence-corrected chi connectivity index (χ4v) is 1.24. The molecule has 15 heavy (non-hydrogen) atoms. The van der Waals surface area contributed by atoms with Crippen LogP contribution in [0.3, 0.4) is 0 Å². The van der Waals surface area contributed by atoms with Gasteiger partial charge in [0, 0.05) is 6.54 Å². The van der Waals surface area contributed by atoms with Gasteiger partial charge in [0.1, 0.15) is 0 Å². The van der Waals surface area contributed by atoms with Crippen LogP contribution in [0.2, 0.25) is 0 Å². The highest BCUT2D eigenvalue weighted by atomic mass is 14.8. The minimum atomic E-state index is 0.919. The molecule has 0 spiro atoms. The molecular weight excluding hydrogens is 182 g/mol. The second-order valence-electron chi connectivity index (χ2n) is 3.21. The molecule has 0 aromatic carbocycles. The monoisotopic (exact) mass is 203 g/mol. The Kier molecular flexibility index (Phi) is 8.16. The Labute approximate surface area is 93.6 Å². The third-order valence-electron chi connectivity index (χ3n) is 2.04. The molecule has 0 saturated heterocycles. The number of allylic oxidation sites excluding steroid dienone is 6. The van der Waals surface area contributed by atoms with Crippen LogP contribution in [0.4, 0.5) is 0 Å². The van der Waals surface area contributed by atoms with E-state index in [1.165, 1.54) is 11.1 Å². The van der Waals surface area contributed by atoms with E-state index in [-0.39, 0.29) is 0 Å². The Balaban J connectivity index is 4.53. The molecule has 1 heteroatoms. The molecule has 0 atom stereocenters. The summed E-state index contributed by atoms with van der Waals surface area (Å²) in [5, 5.41) is 3.10. The molecule has 1 N–H and O–H groups in total. The van der Waals surface area contributed by atoms with Crippen molar-refractivity contribution in [2.45, 2.75) is 20.3 Å². The van der Waals surface area contributed by atoms with Crippen molar-refractivity contribution >= 4 is 0 Å². The van der Waals surface area contributed by atoms with Crippen LogP contribution < -0.4 is 5.32 Å². The number of nitrogens with one attached hydrogen (secondary N) is 1. The maximum atomic E-state index is 3.66. The molecule has 0 bridgehead atoms. The predicted octanol–water partition coefficient (Wildman–Crippen LogP) is 3.74. The minimum Gasteiger partial charge on any atom is -0.391 e. The van der Waals surface area contributed by atoms with E-state index in [0.29, 0.717) is 0 Å². The van der Waals surface area contributed by atoms with Crippen LogP contribution in [0.15, 0.2) is 60.9 Å². The molecule has 0 aromatic heterocycles. The third kappa shape index (κ3) is 6.55. The first-order valence-corrected chi connectivity index (χ1v) is 5.22. The first-order valence-electron chi connectivity index (χ1n) is 5.22. The van der Waals surface area contributed by atoms with E-state index in [1.54, 1.807) is 12.3 Å². The van der Waals surface area contributed by atoms with Gasteiger partial charge in [0.05, 0.1) is 0 Å². The smallest absolute Gasteiger partial charge is 0.0181 e. The zero-order chi connectivity index (χ0) is 11.5. The van der Waals surface area contributed by atoms with Gasteiger partial charge in [-0.2, -0.15) is 0 Å². The highest BCUT2D eigenvalue weighted by Crippen LogP contribution is 2.11. The van der Waals surface area contributed by atoms with Gasteiger partial charge < -0.3 is 5.32 Å². The van der Waals surface area contributed by atoms with Crippen molar-refractivity contribution < 1.29 is 0 Å². The SMILES string of the molecule is C=C\C=C/C(C)=C(/C=C\C)CCNC=C. The Bertz CT molecular complexity index is 280. The minimum absolute atomic E-state index is 0.919. The summed E-state index contributed by atoms with van der Waals surface area (Å²) in [6.45, 7) is 12.4. The molecule has 0 saturated carbocycles. The van der Waals surface area contributed by atoms with Crippen LogP contribution in [0.1, 0.15) is 20.3 Å². The van der Waals surface area contributed by atoms with Gasteiger partial charge in [0.25, 0.3) is 0 Å². The predicted molar refractivity (Wildman–Crippen MR) is 69.7 cm³/mol. The lowest BCUT2D eigenvalue weighted by Gasteiger charge is -2.05. The summed E-state index contributed by atoms with van der Waals surface area (Å²) in [7, 11) is 0. The van der Waals surface area contributed by atoms with Gasteiger partial charge in [-0.15, -0.1) is 0 Å². The lowest BCUT2D eigenvalue weighted by atomic mass is 10.1. The maximum absolute atomic E-state index is 3.66. The quantitative estimate of drug-likeness (QED) is 0.491. The normalized spacial score (nSPS) is 12.9. The Morgan fingerprint density at radius 3 is 2.53 bits per heavy atom. The number of rotatable bonds is 7. The van der Waals surface area contributed by atoms with Crippen LogP contribution in [0.25, 0.3) is 0 Å². The van der Waals surface area contributed by atoms with Gasteiger partial charge in [-0.1, -0.05) is 43.5 Å². The van der Waals surface area contributed by atoms with Gasteiger partial charge in [-0.05, 0) is 37.6 Å². The summed E-state index contributed by atoms with van der Waals surface area (Å²) >= 11 is 0. The zero-order valence-corrected chi connectivity index (χ0v) is 9.79. The van der Waals surface area contributed by atoms with Gasteiger partial charge in [0.15, 0.2) is 0 Å². The molecule has 0 unspecified atom stereocenters. The number of hydrogen-bond donors (Lipinski definition) is 1. The van der Waals surface area contributed by atoms with Crippen molar-refractivity contribution in [3.05, 3.63) is 60.9 Å². The van der Waals surface area contributed by atoms with E-state index < -0.39 is 0 Å².